The molecule has 2 aliphatic rings. The second kappa shape index (κ2) is 5.94. The van der Waals surface area contributed by atoms with Crippen molar-refractivity contribution in [1.82, 2.24) is 19.4 Å². The van der Waals surface area contributed by atoms with E-state index >= 15 is 0 Å². The molecule has 2 aromatic rings. The minimum Gasteiger partial charge on any atom is -0.444 e. The molecule has 4 rings (SSSR count). The quantitative estimate of drug-likeness (QED) is 0.871. The first-order valence-corrected chi connectivity index (χ1v) is 9.11. The highest BCUT2D eigenvalue weighted by Gasteiger charge is 2.54. The summed E-state index contributed by atoms with van der Waals surface area (Å²) in [6.07, 6.45) is 7.38. The number of anilines is 1. The number of nitrogens with zero attached hydrogens (tertiary/aromatic N) is 4. The molecule has 1 unspecified atom stereocenters. The van der Waals surface area contributed by atoms with Gasteiger partial charge in [0.1, 0.15) is 11.9 Å². The highest BCUT2D eigenvalue weighted by molar-refractivity contribution is 5.69. The monoisotopic (exact) mass is 373 g/mol. The Morgan fingerprint density at radius 1 is 1.37 bits per heavy atom. The predicted octanol–water partition coefficient (Wildman–Crippen LogP) is 3.45. The van der Waals surface area contributed by atoms with Crippen LogP contribution in [0.1, 0.15) is 51.8 Å². The Labute approximate surface area is 157 Å². The van der Waals surface area contributed by atoms with E-state index in [1.807, 2.05) is 20.8 Å². The maximum absolute atomic E-state index is 14.2. The van der Waals surface area contributed by atoms with E-state index in [9.17, 15) is 9.18 Å². The molecule has 7 nitrogen and oxygen atoms in total. The van der Waals surface area contributed by atoms with Crippen molar-refractivity contribution in [3.8, 4) is 5.82 Å². The van der Waals surface area contributed by atoms with Crippen molar-refractivity contribution in [1.29, 1.82) is 0 Å². The number of imidazole rings is 1. The van der Waals surface area contributed by atoms with Crippen LogP contribution in [-0.4, -0.2) is 37.7 Å². The largest absolute Gasteiger partial charge is 0.444 e. The van der Waals surface area contributed by atoms with Gasteiger partial charge in [0.15, 0.2) is 11.6 Å². The summed E-state index contributed by atoms with van der Waals surface area (Å²) in [4.78, 5) is 23.0. The van der Waals surface area contributed by atoms with E-state index < -0.39 is 11.4 Å². The summed E-state index contributed by atoms with van der Waals surface area (Å²) >= 11 is 0. The molecule has 2 aromatic heterocycles. The van der Waals surface area contributed by atoms with Gasteiger partial charge in [-0.3, -0.25) is 9.47 Å². The maximum Gasteiger partial charge on any atom is 0.410 e. The number of halogens is 1. The first-order valence-electron chi connectivity index (χ1n) is 9.11. The molecule has 1 aliphatic carbocycles. The number of pyridine rings is 1. The number of amides is 1. The van der Waals surface area contributed by atoms with Crippen LogP contribution in [-0.2, 0) is 4.74 Å². The Hall–Kier alpha value is -2.64. The van der Waals surface area contributed by atoms with E-state index in [2.05, 4.69) is 9.97 Å². The van der Waals surface area contributed by atoms with E-state index in [1.54, 1.807) is 11.1 Å². The normalized spacial score (nSPS) is 20.9. The molecule has 1 atom stereocenters. The van der Waals surface area contributed by atoms with E-state index in [0.29, 0.717) is 12.2 Å². The van der Waals surface area contributed by atoms with Gasteiger partial charge in [-0.2, -0.15) is 0 Å². The lowest BCUT2D eigenvalue weighted by Gasteiger charge is -2.27. The van der Waals surface area contributed by atoms with Crippen LogP contribution < -0.4 is 5.73 Å². The minimum atomic E-state index is -0.558. The van der Waals surface area contributed by atoms with E-state index in [-0.39, 0.29) is 29.1 Å². The predicted molar refractivity (Wildman–Crippen MR) is 97.7 cm³/mol. The molecule has 144 valence electrons. The highest BCUT2D eigenvalue weighted by Crippen LogP contribution is 2.58. The van der Waals surface area contributed by atoms with Gasteiger partial charge < -0.3 is 10.5 Å². The van der Waals surface area contributed by atoms with Crippen LogP contribution in [0.25, 0.3) is 5.82 Å². The molecular weight excluding hydrogens is 349 g/mol. The van der Waals surface area contributed by atoms with Gasteiger partial charge in [-0.1, -0.05) is 0 Å². The van der Waals surface area contributed by atoms with Crippen molar-refractivity contribution in [2.24, 2.45) is 5.41 Å². The Morgan fingerprint density at radius 2 is 2.11 bits per heavy atom. The van der Waals surface area contributed by atoms with Crippen LogP contribution in [0.3, 0.4) is 0 Å². The van der Waals surface area contributed by atoms with Crippen LogP contribution in [0.4, 0.5) is 14.9 Å². The topological polar surface area (TPSA) is 86.3 Å². The smallest absolute Gasteiger partial charge is 0.410 e. The number of nitrogens with two attached hydrogens (primary N) is 1. The molecular formula is C19H24FN5O2. The number of hydrogen-bond acceptors (Lipinski definition) is 5. The molecule has 1 saturated heterocycles. The number of hydrogen-bond donors (Lipinski definition) is 1. The molecule has 0 aromatic carbocycles. The van der Waals surface area contributed by atoms with Gasteiger partial charge in [0, 0.05) is 18.8 Å². The molecule has 2 N–H and O–H groups in total. The number of carbonyl (C=O) groups excluding carboxylic acids is 1. The molecule has 8 heteroatoms. The molecule has 27 heavy (non-hydrogen) atoms. The number of rotatable bonds is 2. The Bertz CT molecular complexity index is 884. The van der Waals surface area contributed by atoms with E-state index in [4.69, 9.17) is 10.5 Å². The first kappa shape index (κ1) is 17.8. The van der Waals surface area contributed by atoms with Crippen LogP contribution >= 0.6 is 0 Å². The van der Waals surface area contributed by atoms with Gasteiger partial charge in [-0.05, 0) is 45.4 Å². The number of aromatic nitrogens is 3. The maximum atomic E-state index is 14.2. The lowest BCUT2D eigenvalue weighted by Crippen LogP contribution is -2.37. The summed E-state index contributed by atoms with van der Waals surface area (Å²) in [7, 11) is 0. The fourth-order valence-corrected chi connectivity index (χ4v) is 3.63. The van der Waals surface area contributed by atoms with Crippen molar-refractivity contribution in [3.63, 3.8) is 0 Å². The minimum absolute atomic E-state index is 0.130. The van der Waals surface area contributed by atoms with Crippen molar-refractivity contribution in [3.05, 3.63) is 36.3 Å². The van der Waals surface area contributed by atoms with Crippen LogP contribution in [0.15, 0.2) is 24.8 Å². The molecule has 0 bridgehead atoms. The Morgan fingerprint density at radius 3 is 2.74 bits per heavy atom. The third-order valence-corrected chi connectivity index (χ3v) is 5.12. The third-order valence-electron chi connectivity index (χ3n) is 5.12. The summed E-state index contributed by atoms with van der Waals surface area (Å²) in [5, 5.41) is 0. The molecule has 3 heterocycles. The molecule has 2 fully saturated rings. The second-order valence-corrected chi connectivity index (χ2v) is 8.61. The van der Waals surface area contributed by atoms with Gasteiger partial charge in [-0.15, -0.1) is 0 Å². The van der Waals surface area contributed by atoms with Crippen molar-refractivity contribution < 1.29 is 13.9 Å². The Balaban J connectivity index is 1.61. The van der Waals surface area contributed by atoms with Crippen LogP contribution in [0.5, 0.6) is 0 Å². The van der Waals surface area contributed by atoms with Crippen molar-refractivity contribution >= 4 is 11.8 Å². The lowest BCUT2D eigenvalue weighted by molar-refractivity contribution is 0.0215. The average Bonchev–Trinajstić information content (AvgIpc) is 2.98. The number of ether oxygens (including phenoxy) is 1. The van der Waals surface area contributed by atoms with Gasteiger partial charge in [0.2, 0.25) is 0 Å². The lowest BCUT2D eigenvalue weighted by atomic mass is 10.0. The van der Waals surface area contributed by atoms with Crippen LogP contribution in [0.2, 0.25) is 0 Å². The third kappa shape index (κ3) is 3.48. The van der Waals surface area contributed by atoms with Crippen LogP contribution in [0, 0.1) is 11.2 Å². The van der Waals surface area contributed by atoms with E-state index in [1.165, 1.54) is 23.2 Å². The molecule has 1 saturated carbocycles. The standard InChI is InChI=1S/C19H24FN5O2/c1-18(2,3)27-17(26)25-10-19(4-5-19)7-15(25)14-9-24(11-23-14)16-13(20)6-12(21)8-22-16/h6,8-9,11,15H,4-5,7,10,21H2,1-3H3. The average molecular weight is 373 g/mol. The summed E-state index contributed by atoms with van der Waals surface area (Å²) in [5.41, 5.74) is 6.16. The number of carbonyl (C=O) groups is 1. The summed E-state index contributed by atoms with van der Waals surface area (Å²) in [6.45, 7) is 6.24. The fraction of sp³-hybridized carbons (Fsp3) is 0.526. The number of nitrogen functional groups attached to an aromatic ring is 1. The van der Waals surface area contributed by atoms with Gasteiger partial charge in [0.05, 0.1) is 23.6 Å². The molecule has 1 spiro atoms. The molecule has 1 aliphatic heterocycles. The van der Waals surface area contributed by atoms with Crippen molar-refractivity contribution in [2.45, 2.75) is 51.7 Å². The summed E-state index contributed by atoms with van der Waals surface area (Å²) < 4.78 is 21.3. The first-order chi connectivity index (χ1) is 12.7. The van der Waals surface area contributed by atoms with Crippen molar-refractivity contribution in [2.75, 3.05) is 12.3 Å². The fourth-order valence-electron chi connectivity index (χ4n) is 3.63. The van der Waals surface area contributed by atoms with Gasteiger partial charge >= 0.3 is 6.09 Å². The summed E-state index contributed by atoms with van der Waals surface area (Å²) in [5.74, 6) is -0.390. The molecule has 0 radical (unpaired) electrons. The second-order valence-electron chi connectivity index (χ2n) is 8.61. The van der Waals surface area contributed by atoms with Gasteiger partial charge in [0.25, 0.3) is 0 Å². The summed E-state index contributed by atoms with van der Waals surface area (Å²) in [6, 6.07) is 1.05. The van der Waals surface area contributed by atoms with Gasteiger partial charge in [-0.25, -0.2) is 19.2 Å². The molecule has 1 amide bonds. The number of likely N-dealkylation sites (tertiary alicyclic amines) is 1. The zero-order valence-electron chi connectivity index (χ0n) is 15.8. The SMILES string of the molecule is CC(C)(C)OC(=O)N1CC2(CC2)CC1c1cn(-c2ncc(N)cc2F)cn1. The van der Waals surface area contributed by atoms with E-state index in [0.717, 1.165) is 19.3 Å². The Kier molecular flexibility index (Phi) is 3.90. The highest BCUT2D eigenvalue weighted by atomic mass is 19.1. The zero-order valence-corrected chi connectivity index (χ0v) is 15.8. The zero-order chi connectivity index (χ0) is 19.4.